The van der Waals surface area contributed by atoms with Gasteiger partial charge < -0.3 is 10.2 Å². The van der Waals surface area contributed by atoms with Crippen LogP contribution in [0.4, 0.5) is 0 Å². The van der Waals surface area contributed by atoms with Crippen molar-refractivity contribution in [1.82, 2.24) is 0 Å². The monoisotopic (exact) mass is 300 g/mol. The number of fused-ring (bicyclic) bond motifs is 1. The molecule has 0 aliphatic carbocycles. The first-order valence-electron chi connectivity index (χ1n) is 7.43. The number of carboxylic acids is 2. The van der Waals surface area contributed by atoms with Gasteiger partial charge in [0.05, 0.1) is 5.56 Å². The number of carbonyl (C=O) groups is 2. The van der Waals surface area contributed by atoms with E-state index >= 15 is 0 Å². The second-order valence-corrected chi connectivity index (χ2v) is 5.80. The number of hydrogen-bond donors (Lipinski definition) is 2. The molecule has 1 atom stereocenters. The molecule has 0 aliphatic heterocycles. The maximum Gasteiger partial charge on any atom is 0.335 e. The Bertz CT molecular complexity index is 691. The van der Waals surface area contributed by atoms with Crippen LogP contribution in [0.15, 0.2) is 36.4 Å². The molecule has 0 amide bonds. The minimum Gasteiger partial charge on any atom is -0.481 e. The van der Waals surface area contributed by atoms with Crippen LogP contribution in [-0.2, 0) is 11.2 Å². The largest absolute Gasteiger partial charge is 0.481 e. The first-order valence-corrected chi connectivity index (χ1v) is 7.43. The summed E-state index contributed by atoms with van der Waals surface area (Å²) in [5.74, 6) is -1.47. The van der Waals surface area contributed by atoms with Gasteiger partial charge in [-0.1, -0.05) is 31.2 Å². The number of carboxylic acid groups (broad SMARTS) is 2. The fourth-order valence-corrected chi connectivity index (χ4v) is 2.64. The van der Waals surface area contributed by atoms with Crippen molar-refractivity contribution in [2.75, 3.05) is 0 Å². The summed E-state index contributed by atoms with van der Waals surface area (Å²) in [6.45, 7) is 1.96. The van der Waals surface area contributed by atoms with Crippen LogP contribution in [0.3, 0.4) is 0 Å². The zero-order chi connectivity index (χ0) is 16.1. The number of rotatable bonds is 7. The summed E-state index contributed by atoms with van der Waals surface area (Å²) in [5.41, 5.74) is 1.49. The molecular weight excluding hydrogens is 280 g/mol. The molecule has 2 aromatic rings. The summed E-state index contributed by atoms with van der Waals surface area (Å²) in [6, 6.07) is 11.1. The van der Waals surface area contributed by atoms with Gasteiger partial charge in [-0.3, -0.25) is 4.79 Å². The number of benzene rings is 2. The quantitative estimate of drug-likeness (QED) is 0.811. The predicted molar refractivity (Wildman–Crippen MR) is 85.3 cm³/mol. The van der Waals surface area contributed by atoms with Gasteiger partial charge in [-0.25, -0.2) is 4.79 Å². The van der Waals surface area contributed by atoms with Gasteiger partial charge in [0.15, 0.2) is 0 Å². The molecule has 0 spiro atoms. The summed E-state index contributed by atoms with van der Waals surface area (Å²) in [6.07, 6.45) is 2.96. The van der Waals surface area contributed by atoms with Gasteiger partial charge in [0, 0.05) is 6.42 Å². The van der Waals surface area contributed by atoms with Crippen LogP contribution in [0, 0.1) is 5.92 Å². The topological polar surface area (TPSA) is 74.6 Å². The highest BCUT2D eigenvalue weighted by Crippen LogP contribution is 2.20. The van der Waals surface area contributed by atoms with E-state index in [0.29, 0.717) is 5.56 Å². The van der Waals surface area contributed by atoms with Gasteiger partial charge in [-0.2, -0.15) is 0 Å². The summed E-state index contributed by atoms with van der Waals surface area (Å²) in [7, 11) is 0. The zero-order valence-electron chi connectivity index (χ0n) is 12.6. The highest BCUT2D eigenvalue weighted by Gasteiger charge is 2.08. The van der Waals surface area contributed by atoms with Gasteiger partial charge in [-0.05, 0) is 53.6 Å². The number of hydrogen-bond acceptors (Lipinski definition) is 2. The van der Waals surface area contributed by atoms with E-state index in [2.05, 4.69) is 6.07 Å². The number of aliphatic carboxylic acids is 1. The molecule has 0 bridgehead atoms. The van der Waals surface area contributed by atoms with Crippen molar-refractivity contribution >= 4 is 22.7 Å². The van der Waals surface area contributed by atoms with E-state index in [-0.39, 0.29) is 12.3 Å². The van der Waals surface area contributed by atoms with E-state index in [9.17, 15) is 9.59 Å². The highest BCUT2D eigenvalue weighted by atomic mass is 16.4. The fraction of sp³-hybridized carbons (Fsp3) is 0.333. The Morgan fingerprint density at radius 1 is 1.05 bits per heavy atom. The predicted octanol–water partition coefficient (Wildman–Crippen LogP) is 3.97. The number of aryl methyl sites for hydroxylation is 1. The normalized spacial score (nSPS) is 12.2. The average molecular weight is 300 g/mol. The second kappa shape index (κ2) is 7.07. The molecule has 0 radical (unpaired) electrons. The lowest BCUT2D eigenvalue weighted by Gasteiger charge is -2.09. The zero-order valence-corrected chi connectivity index (χ0v) is 12.6. The first kappa shape index (κ1) is 16.0. The molecule has 4 heteroatoms. The Hall–Kier alpha value is -2.36. The standard InChI is InChI=1S/C18H20O4/c1-12(9-17(19)20)3-2-4-13-5-6-15-11-16(18(21)22)8-7-14(15)10-13/h5-8,10-12H,2-4,9H2,1H3,(H,19,20)(H,21,22). The van der Waals surface area contributed by atoms with Crippen LogP contribution in [0.1, 0.15) is 42.1 Å². The van der Waals surface area contributed by atoms with Crippen LogP contribution >= 0.6 is 0 Å². The Morgan fingerprint density at radius 2 is 1.73 bits per heavy atom. The van der Waals surface area contributed by atoms with E-state index in [4.69, 9.17) is 10.2 Å². The molecule has 0 heterocycles. The van der Waals surface area contributed by atoms with E-state index in [1.54, 1.807) is 12.1 Å². The SMILES string of the molecule is CC(CCCc1ccc2cc(C(=O)O)ccc2c1)CC(=O)O. The third kappa shape index (κ3) is 4.32. The lowest BCUT2D eigenvalue weighted by molar-refractivity contribution is -0.138. The maximum atomic E-state index is 11.0. The third-order valence-corrected chi connectivity index (χ3v) is 3.84. The third-order valence-electron chi connectivity index (χ3n) is 3.84. The van der Waals surface area contributed by atoms with Gasteiger partial charge in [0.2, 0.25) is 0 Å². The average Bonchev–Trinajstić information content (AvgIpc) is 2.45. The minimum absolute atomic E-state index is 0.191. The molecule has 0 aromatic heterocycles. The Morgan fingerprint density at radius 3 is 2.41 bits per heavy atom. The van der Waals surface area contributed by atoms with E-state index in [1.807, 2.05) is 25.1 Å². The molecule has 2 rings (SSSR count). The Balaban J connectivity index is 1.99. The molecule has 0 saturated carbocycles. The van der Waals surface area contributed by atoms with Crippen LogP contribution in [0.5, 0.6) is 0 Å². The molecule has 0 aliphatic rings. The van der Waals surface area contributed by atoms with Crippen molar-refractivity contribution < 1.29 is 19.8 Å². The molecule has 0 fully saturated rings. The van der Waals surface area contributed by atoms with Crippen molar-refractivity contribution in [1.29, 1.82) is 0 Å². The smallest absolute Gasteiger partial charge is 0.335 e. The van der Waals surface area contributed by atoms with Gasteiger partial charge in [0.25, 0.3) is 0 Å². The van der Waals surface area contributed by atoms with Crippen LogP contribution in [-0.4, -0.2) is 22.2 Å². The van der Waals surface area contributed by atoms with E-state index in [0.717, 1.165) is 30.0 Å². The second-order valence-electron chi connectivity index (χ2n) is 5.80. The molecule has 0 saturated heterocycles. The highest BCUT2D eigenvalue weighted by molar-refractivity contribution is 5.94. The maximum absolute atomic E-state index is 11.0. The summed E-state index contributed by atoms with van der Waals surface area (Å²) in [4.78, 5) is 21.6. The molecule has 4 nitrogen and oxygen atoms in total. The number of aromatic carboxylic acids is 1. The van der Waals surface area contributed by atoms with Crippen molar-refractivity contribution in [3.05, 3.63) is 47.5 Å². The Kier molecular flexibility index (Phi) is 5.15. The van der Waals surface area contributed by atoms with Crippen molar-refractivity contribution in [2.24, 2.45) is 5.92 Å². The summed E-state index contributed by atoms with van der Waals surface area (Å²) in [5, 5.41) is 19.7. The first-order chi connectivity index (χ1) is 10.5. The summed E-state index contributed by atoms with van der Waals surface area (Å²) >= 11 is 0. The van der Waals surface area contributed by atoms with Crippen LogP contribution < -0.4 is 0 Å². The van der Waals surface area contributed by atoms with Gasteiger partial charge >= 0.3 is 11.9 Å². The van der Waals surface area contributed by atoms with E-state index in [1.165, 1.54) is 5.56 Å². The van der Waals surface area contributed by atoms with Crippen molar-refractivity contribution in [3.8, 4) is 0 Å². The molecule has 116 valence electrons. The molecule has 22 heavy (non-hydrogen) atoms. The molecule has 2 N–H and O–H groups in total. The fourth-order valence-electron chi connectivity index (χ4n) is 2.64. The molecule has 2 aromatic carbocycles. The van der Waals surface area contributed by atoms with Crippen molar-refractivity contribution in [3.63, 3.8) is 0 Å². The van der Waals surface area contributed by atoms with Crippen LogP contribution in [0.25, 0.3) is 10.8 Å². The lowest BCUT2D eigenvalue weighted by Crippen LogP contribution is -2.04. The van der Waals surface area contributed by atoms with Gasteiger partial charge in [-0.15, -0.1) is 0 Å². The van der Waals surface area contributed by atoms with Crippen molar-refractivity contribution in [2.45, 2.75) is 32.6 Å². The summed E-state index contributed by atoms with van der Waals surface area (Å²) < 4.78 is 0. The van der Waals surface area contributed by atoms with Crippen LogP contribution in [0.2, 0.25) is 0 Å². The minimum atomic E-state index is -0.918. The Labute approximate surface area is 129 Å². The molecular formula is C18H20O4. The lowest BCUT2D eigenvalue weighted by atomic mass is 9.97. The molecule has 1 unspecified atom stereocenters. The van der Waals surface area contributed by atoms with Gasteiger partial charge in [0.1, 0.15) is 0 Å². The van der Waals surface area contributed by atoms with E-state index < -0.39 is 11.9 Å².